The highest BCUT2D eigenvalue weighted by Gasteiger charge is 2.11. The molecule has 0 amide bonds. The smallest absolute Gasteiger partial charge is 0.255 e. The van der Waals surface area contributed by atoms with Gasteiger partial charge in [0.2, 0.25) is 0 Å². The molecule has 5 heteroatoms. The number of pyridine rings is 1. The van der Waals surface area contributed by atoms with Crippen molar-refractivity contribution in [3.8, 4) is 17.1 Å². The van der Waals surface area contributed by atoms with Gasteiger partial charge in [-0.05, 0) is 49.4 Å². The molecular weight excluding hydrogens is 314 g/mol. The minimum Gasteiger partial charge on any atom is -0.338 e. The van der Waals surface area contributed by atoms with Crippen molar-refractivity contribution < 1.29 is 4.79 Å². The molecule has 2 aromatic heterocycles. The molecule has 0 unspecified atom stereocenters. The molecule has 0 bridgehead atoms. The van der Waals surface area contributed by atoms with Gasteiger partial charge in [-0.15, -0.1) is 0 Å². The van der Waals surface area contributed by atoms with Crippen LogP contribution in [0.5, 0.6) is 0 Å². The van der Waals surface area contributed by atoms with E-state index in [1.807, 2.05) is 42.5 Å². The molecule has 25 heavy (non-hydrogen) atoms. The van der Waals surface area contributed by atoms with Crippen LogP contribution in [0.1, 0.15) is 17.3 Å². The van der Waals surface area contributed by atoms with Crippen molar-refractivity contribution in [2.24, 2.45) is 0 Å². The Morgan fingerprint density at radius 3 is 2.52 bits per heavy atom. The molecule has 0 aliphatic heterocycles. The maximum absolute atomic E-state index is 11.9. The van der Waals surface area contributed by atoms with Crippen molar-refractivity contribution in [2.45, 2.75) is 6.92 Å². The molecule has 5 nitrogen and oxygen atoms in total. The minimum absolute atomic E-state index is 0.0116. The second-order valence-corrected chi connectivity index (χ2v) is 5.80. The van der Waals surface area contributed by atoms with Gasteiger partial charge < -0.3 is 4.98 Å². The molecule has 0 radical (unpaired) electrons. The summed E-state index contributed by atoms with van der Waals surface area (Å²) in [6, 6.07) is 18.1. The summed E-state index contributed by atoms with van der Waals surface area (Å²) in [4.78, 5) is 31.5. The van der Waals surface area contributed by atoms with Crippen LogP contribution in [-0.4, -0.2) is 20.3 Å². The largest absolute Gasteiger partial charge is 0.338 e. The number of hydrogen-bond donors (Lipinski definition) is 1. The normalized spacial score (nSPS) is 10.9. The summed E-state index contributed by atoms with van der Waals surface area (Å²) in [6.07, 6.45) is 1.73. The number of carbonyl (C=O) groups excluding carboxylic acids is 1. The van der Waals surface area contributed by atoms with E-state index in [1.54, 1.807) is 22.9 Å². The average Bonchev–Trinajstić information content (AvgIpc) is 3.06. The molecule has 0 aliphatic rings. The molecule has 0 atom stereocenters. The molecule has 1 N–H and O–H groups in total. The number of hydrogen-bond acceptors (Lipinski definition) is 3. The van der Waals surface area contributed by atoms with Crippen molar-refractivity contribution >= 4 is 16.8 Å². The third-order valence-corrected chi connectivity index (χ3v) is 4.13. The minimum atomic E-state index is -0.0786. The van der Waals surface area contributed by atoms with Crippen LogP contribution < -0.4 is 5.56 Å². The Bertz CT molecular complexity index is 1140. The van der Waals surface area contributed by atoms with Crippen molar-refractivity contribution in [1.82, 2.24) is 14.5 Å². The van der Waals surface area contributed by atoms with Crippen LogP contribution in [0.25, 0.3) is 28.1 Å². The number of imidazole rings is 1. The first-order valence-electron chi connectivity index (χ1n) is 7.91. The molecule has 0 saturated heterocycles. The Hall–Kier alpha value is -3.47. The number of aromatic amines is 1. The molecule has 2 heterocycles. The van der Waals surface area contributed by atoms with Crippen molar-refractivity contribution in [2.75, 3.05) is 0 Å². The van der Waals surface area contributed by atoms with Crippen LogP contribution >= 0.6 is 0 Å². The number of fused-ring (bicyclic) bond motifs is 1. The number of para-hydroxylation sites is 1. The predicted molar refractivity (Wildman–Crippen MR) is 97.1 cm³/mol. The predicted octanol–water partition coefficient (Wildman–Crippen LogP) is 3.58. The van der Waals surface area contributed by atoms with E-state index in [0.29, 0.717) is 16.9 Å². The Morgan fingerprint density at radius 2 is 1.80 bits per heavy atom. The zero-order chi connectivity index (χ0) is 17.4. The molecule has 4 aromatic rings. The van der Waals surface area contributed by atoms with E-state index in [-0.39, 0.29) is 11.3 Å². The van der Waals surface area contributed by atoms with E-state index >= 15 is 0 Å². The monoisotopic (exact) mass is 329 g/mol. The van der Waals surface area contributed by atoms with E-state index in [2.05, 4.69) is 9.97 Å². The number of H-pyrrole nitrogens is 1. The summed E-state index contributed by atoms with van der Waals surface area (Å²) in [5, 5.41) is 0. The highest BCUT2D eigenvalue weighted by Crippen LogP contribution is 2.24. The third kappa shape index (κ3) is 2.65. The number of benzene rings is 2. The molecule has 0 saturated carbocycles. The van der Waals surface area contributed by atoms with E-state index in [1.165, 1.54) is 13.0 Å². The summed E-state index contributed by atoms with van der Waals surface area (Å²) in [6.45, 7) is 1.54. The standard InChI is InChI=1S/C20H15N3O2/c1-13(24)16-5-4-6-17-19(16)22-20(21-17)14-8-10-15(11-9-14)23-12-3-2-7-18(23)25/h2-12H,1H3,(H,21,22). The Kier molecular flexibility index (Phi) is 3.54. The Labute approximate surface area is 143 Å². The number of rotatable bonds is 3. The highest BCUT2D eigenvalue weighted by molar-refractivity contribution is 6.05. The van der Waals surface area contributed by atoms with E-state index in [0.717, 1.165) is 16.8 Å². The van der Waals surface area contributed by atoms with Gasteiger partial charge in [0.15, 0.2) is 5.78 Å². The SMILES string of the molecule is CC(=O)c1cccc2[nH]c(-c3ccc(-n4ccccc4=O)cc3)nc12. The van der Waals surface area contributed by atoms with Gasteiger partial charge in [0.05, 0.1) is 11.0 Å². The number of nitrogens with one attached hydrogen (secondary N) is 1. The second-order valence-electron chi connectivity index (χ2n) is 5.80. The van der Waals surface area contributed by atoms with Crippen molar-refractivity contribution in [1.29, 1.82) is 0 Å². The fourth-order valence-corrected chi connectivity index (χ4v) is 2.87. The first kappa shape index (κ1) is 15.1. The maximum Gasteiger partial charge on any atom is 0.255 e. The quantitative estimate of drug-likeness (QED) is 0.584. The van der Waals surface area contributed by atoms with Crippen LogP contribution in [0.3, 0.4) is 0 Å². The lowest BCUT2D eigenvalue weighted by Gasteiger charge is -2.05. The lowest BCUT2D eigenvalue weighted by molar-refractivity contribution is 0.101. The lowest BCUT2D eigenvalue weighted by Crippen LogP contribution is -2.15. The lowest BCUT2D eigenvalue weighted by atomic mass is 10.1. The van der Waals surface area contributed by atoms with Gasteiger partial charge in [-0.1, -0.05) is 12.1 Å². The first-order chi connectivity index (χ1) is 12.1. The molecule has 122 valence electrons. The van der Waals surface area contributed by atoms with Gasteiger partial charge >= 0.3 is 0 Å². The number of nitrogens with zero attached hydrogens (tertiary/aromatic N) is 2. The average molecular weight is 329 g/mol. The van der Waals surface area contributed by atoms with E-state index < -0.39 is 0 Å². The highest BCUT2D eigenvalue weighted by atomic mass is 16.1. The van der Waals surface area contributed by atoms with E-state index in [9.17, 15) is 9.59 Å². The molecular formula is C20H15N3O2. The number of carbonyl (C=O) groups is 1. The third-order valence-electron chi connectivity index (χ3n) is 4.13. The first-order valence-corrected chi connectivity index (χ1v) is 7.91. The fourth-order valence-electron chi connectivity index (χ4n) is 2.87. The van der Waals surface area contributed by atoms with Crippen LogP contribution in [0.2, 0.25) is 0 Å². The zero-order valence-corrected chi connectivity index (χ0v) is 13.6. The van der Waals surface area contributed by atoms with Crippen LogP contribution in [0.15, 0.2) is 71.7 Å². The summed E-state index contributed by atoms with van der Waals surface area (Å²) in [5.74, 6) is 0.679. The molecule has 0 fully saturated rings. The van der Waals surface area contributed by atoms with Crippen LogP contribution in [0, 0.1) is 0 Å². The maximum atomic E-state index is 11.9. The van der Waals surface area contributed by atoms with Gasteiger partial charge in [-0.2, -0.15) is 0 Å². The van der Waals surface area contributed by atoms with Gasteiger partial charge in [0, 0.05) is 29.1 Å². The van der Waals surface area contributed by atoms with Gasteiger partial charge in [0.1, 0.15) is 5.82 Å². The number of Topliss-reactive ketones (excluding diaryl/α,β-unsaturated/α-hetero) is 1. The number of ketones is 1. The number of aromatic nitrogens is 3. The van der Waals surface area contributed by atoms with Crippen molar-refractivity contribution in [3.05, 3.63) is 82.8 Å². The van der Waals surface area contributed by atoms with Gasteiger partial charge in [-0.25, -0.2) is 4.98 Å². The zero-order valence-electron chi connectivity index (χ0n) is 13.6. The fraction of sp³-hybridized carbons (Fsp3) is 0.0500. The second kappa shape index (κ2) is 5.87. The van der Waals surface area contributed by atoms with Gasteiger partial charge in [-0.3, -0.25) is 14.2 Å². The molecule has 4 rings (SSSR count). The van der Waals surface area contributed by atoms with E-state index in [4.69, 9.17) is 0 Å². The molecule has 0 spiro atoms. The van der Waals surface area contributed by atoms with Crippen LogP contribution in [0.4, 0.5) is 0 Å². The summed E-state index contributed by atoms with van der Waals surface area (Å²) in [7, 11) is 0. The Balaban J connectivity index is 1.77. The molecule has 2 aromatic carbocycles. The summed E-state index contributed by atoms with van der Waals surface area (Å²) < 4.78 is 1.58. The summed E-state index contributed by atoms with van der Waals surface area (Å²) >= 11 is 0. The summed E-state index contributed by atoms with van der Waals surface area (Å²) in [5.41, 5.74) is 3.70. The van der Waals surface area contributed by atoms with Crippen molar-refractivity contribution in [3.63, 3.8) is 0 Å². The topological polar surface area (TPSA) is 67.8 Å². The van der Waals surface area contributed by atoms with Gasteiger partial charge in [0.25, 0.3) is 5.56 Å². The van der Waals surface area contributed by atoms with Crippen LogP contribution in [-0.2, 0) is 0 Å². The molecule has 0 aliphatic carbocycles. The Morgan fingerprint density at radius 1 is 1.00 bits per heavy atom.